The van der Waals surface area contributed by atoms with Crippen molar-refractivity contribution in [1.82, 2.24) is 0 Å². The summed E-state index contributed by atoms with van der Waals surface area (Å²) in [6.45, 7) is 13.5. The van der Waals surface area contributed by atoms with Crippen molar-refractivity contribution in [2.75, 3.05) is 0 Å². The van der Waals surface area contributed by atoms with Crippen LogP contribution in [0, 0.1) is 37.0 Å². The van der Waals surface area contributed by atoms with Gasteiger partial charge in [-0.25, -0.2) is 0 Å². The maximum absolute atomic E-state index is 12.6. The van der Waals surface area contributed by atoms with Crippen molar-refractivity contribution < 1.29 is 9.85 Å². The largest absolute Gasteiger partial charge is 0.270 e. The number of alkyl halides is 1. The molecule has 0 saturated heterocycles. The Kier molecular flexibility index (Phi) is 10.1. The van der Waals surface area contributed by atoms with E-state index in [4.69, 9.17) is 0 Å². The molecule has 3 unspecified atom stereocenters. The van der Waals surface area contributed by atoms with Gasteiger partial charge in [0.05, 0.1) is 18.7 Å². The topological polar surface area (TPSA) is 86.3 Å². The number of nitro groups is 2. The first-order valence-electron chi connectivity index (χ1n) is 17.4. The van der Waals surface area contributed by atoms with Crippen molar-refractivity contribution in [2.45, 2.75) is 55.8 Å². The fourth-order valence-electron chi connectivity index (χ4n) is 9.52. The number of halogens is 2. The van der Waals surface area contributed by atoms with Gasteiger partial charge in [0, 0.05) is 38.7 Å². The van der Waals surface area contributed by atoms with Gasteiger partial charge in [-0.1, -0.05) is 179 Å². The van der Waals surface area contributed by atoms with Gasteiger partial charge in [-0.05, 0) is 67.3 Å². The van der Waals surface area contributed by atoms with Crippen LogP contribution in [0.1, 0.15) is 69.4 Å². The maximum atomic E-state index is 12.6. The number of hydrogen-bond donors (Lipinski definition) is 0. The highest BCUT2D eigenvalue weighted by Gasteiger charge is 2.77. The molecule has 6 rings (SSSR count). The Bertz CT molecular complexity index is 2130. The maximum Gasteiger partial charge on any atom is 0.270 e. The zero-order chi connectivity index (χ0) is 37.7. The van der Waals surface area contributed by atoms with Crippen molar-refractivity contribution in [3.8, 4) is 0 Å². The lowest BCUT2D eigenvalue weighted by Gasteiger charge is -2.73. The summed E-state index contributed by atoms with van der Waals surface area (Å²) < 4.78 is 0.161. The zero-order valence-electron chi connectivity index (χ0n) is 30.1. The van der Waals surface area contributed by atoms with E-state index in [2.05, 4.69) is 166 Å². The van der Waals surface area contributed by atoms with Crippen LogP contribution in [-0.2, 0) is 14.3 Å². The quantitative estimate of drug-likeness (QED) is 0.0671. The van der Waals surface area contributed by atoms with Crippen LogP contribution in [0.15, 0.2) is 143 Å². The van der Waals surface area contributed by atoms with Crippen molar-refractivity contribution >= 4 is 62.1 Å². The summed E-state index contributed by atoms with van der Waals surface area (Å²) in [6.07, 6.45) is 0. The summed E-state index contributed by atoms with van der Waals surface area (Å²) in [5, 5.41) is 25.1. The van der Waals surface area contributed by atoms with Crippen molar-refractivity contribution in [1.29, 1.82) is 0 Å². The second-order valence-corrected chi connectivity index (χ2v) is 17.8. The molecule has 3 atom stereocenters. The highest BCUT2D eigenvalue weighted by Crippen LogP contribution is 2.81. The van der Waals surface area contributed by atoms with Crippen LogP contribution in [0.2, 0.25) is 0 Å². The number of benzene rings is 5. The van der Waals surface area contributed by atoms with Crippen molar-refractivity contribution in [3.05, 3.63) is 191 Å². The second kappa shape index (κ2) is 13.8. The van der Waals surface area contributed by atoms with E-state index < -0.39 is 25.1 Å². The number of non-ortho nitro benzene ring substituents is 2. The molecule has 5 aromatic carbocycles. The lowest BCUT2D eigenvalue weighted by atomic mass is 9.33. The predicted octanol–water partition coefficient (Wildman–Crippen LogP) is 12.6. The lowest BCUT2D eigenvalue weighted by molar-refractivity contribution is -0.385. The normalized spacial score (nSPS) is 23.0. The van der Waals surface area contributed by atoms with Gasteiger partial charge in [-0.2, -0.15) is 0 Å². The van der Waals surface area contributed by atoms with Crippen LogP contribution in [0.25, 0.3) is 5.57 Å². The highest BCUT2D eigenvalue weighted by molar-refractivity contribution is 14.1. The number of hydrogen-bond acceptors (Lipinski definition) is 4. The van der Waals surface area contributed by atoms with Gasteiger partial charge < -0.3 is 0 Å². The number of rotatable bonds is 8. The molecular formula is C44H42I2N2O4. The summed E-state index contributed by atoms with van der Waals surface area (Å²) in [6, 6.07) is 45.9. The molecule has 52 heavy (non-hydrogen) atoms. The Hall–Kier alpha value is -3.90. The van der Waals surface area contributed by atoms with Crippen LogP contribution >= 0.6 is 45.2 Å². The lowest BCUT2D eigenvalue weighted by Crippen LogP contribution is -2.72. The van der Waals surface area contributed by atoms with Crippen LogP contribution in [0.3, 0.4) is 0 Å². The van der Waals surface area contributed by atoms with Crippen LogP contribution in [0.5, 0.6) is 0 Å². The summed E-state index contributed by atoms with van der Waals surface area (Å²) in [5.41, 5.74) is 2.63. The third-order valence-corrected chi connectivity index (χ3v) is 15.3. The molecular weight excluding hydrogens is 874 g/mol. The zero-order valence-corrected chi connectivity index (χ0v) is 34.5. The molecule has 0 bridgehead atoms. The van der Waals surface area contributed by atoms with E-state index in [0.717, 1.165) is 37.0 Å². The van der Waals surface area contributed by atoms with E-state index in [9.17, 15) is 20.2 Å². The molecule has 0 radical (unpaired) electrons. The van der Waals surface area contributed by atoms with E-state index in [1.54, 1.807) is 30.3 Å². The average molecular weight is 917 g/mol. The summed E-state index contributed by atoms with van der Waals surface area (Å²) in [4.78, 5) is 24.4. The van der Waals surface area contributed by atoms with Gasteiger partial charge in [0.2, 0.25) is 0 Å². The first-order chi connectivity index (χ1) is 24.6. The number of nitro benzene ring substituents is 2. The third kappa shape index (κ3) is 5.21. The summed E-state index contributed by atoms with van der Waals surface area (Å²) in [5.74, 6) is -0.138. The van der Waals surface area contributed by atoms with Gasteiger partial charge in [0.25, 0.3) is 11.4 Å². The molecule has 1 aliphatic rings. The molecule has 0 aliphatic heterocycles. The number of nitrogens with zero attached hydrogens (tertiary/aromatic N) is 2. The van der Waals surface area contributed by atoms with E-state index >= 15 is 0 Å². The van der Waals surface area contributed by atoms with Crippen molar-refractivity contribution in [2.24, 2.45) is 16.7 Å². The van der Waals surface area contributed by atoms with Crippen LogP contribution < -0.4 is 0 Å². The smallest absolute Gasteiger partial charge is 0.258 e. The molecule has 5 aromatic rings. The minimum Gasteiger partial charge on any atom is -0.258 e. The van der Waals surface area contributed by atoms with Gasteiger partial charge >= 0.3 is 0 Å². The molecule has 0 N–H and O–H groups in total. The molecule has 0 heterocycles. The average Bonchev–Trinajstić information content (AvgIpc) is 3.13. The summed E-state index contributed by atoms with van der Waals surface area (Å²) >= 11 is 5.31. The van der Waals surface area contributed by atoms with Gasteiger partial charge in [0.15, 0.2) is 0 Å². The van der Waals surface area contributed by atoms with Gasteiger partial charge in [-0.15, -0.1) is 0 Å². The molecule has 0 fully saturated rings. The molecule has 0 spiro atoms. The highest BCUT2D eigenvalue weighted by atomic mass is 127. The first-order valence-corrected chi connectivity index (χ1v) is 19.5. The third-order valence-electron chi connectivity index (χ3n) is 11.7. The number of allylic oxidation sites excluding steroid dienone is 2. The second-order valence-electron chi connectivity index (χ2n) is 15.1. The van der Waals surface area contributed by atoms with Crippen LogP contribution in [0.4, 0.5) is 11.4 Å². The monoisotopic (exact) mass is 916 g/mol. The van der Waals surface area contributed by atoms with Crippen molar-refractivity contribution in [3.63, 3.8) is 0 Å². The minimum absolute atomic E-state index is 0.00958. The molecule has 266 valence electrons. The SMILES string of the molecule is CC(C)C1(c2cccc([N+](=O)[O-])c2)C(C)(C(C)(C)C)C(c2cccc([N+](=O)[O-])c2)=C(I)C(c2ccccc2)(c2ccccc2)C1(I)c1ccccc1. The Morgan fingerprint density at radius 2 is 1.04 bits per heavy atom. The van der Waals surface area contributed by atoms with Gasteiger partial charge in [-0.3, -0.25) is 20.2 Å². The van der Waals surface area contributed by atoms with E-state index in [1.165, 1.54) is 0 Å². The molecule has 0 saturated carbocycles. The predicted molar refractivity (Wildman–Crippen MR) is 227 cm³/mol. The van der Waals surface area contributed by atoms with E-state index in [-0.39, 0.29) is 27.1 Å². The molecule has 0 aromatic heterocycles. The standard InChI is InChI=1S/C44H42I2N2O4/c1-30(2)43(35-25-17-27-37(29-35)48(51)52)41(6,40(3,4)5)38(31-18-16-26-36(28-31)47(49)50)39(45)42(32-19-10-7-11-20-32,33-21-12-8-13-22-33)44(43,46)34-23-14-9-15-24-34/h7-30H,1-6H3. The molecule has 8 heteroatoms. The molecule has 1 aliphatic carbocycles. The van der Waals surface area contributed by atoms with E-state index in [0.29, 0.717) is 0 Å². The Morgan fingerprint density at radius 1 is 0.615 bits per heavy atom. The summed E-state index contributed by atoms with van der Waals surface area (Å²) in [7, 11) is 0. The van der Waals surface area contributed by atoms with Gasteiger partial charge in [0.1, 0.15) is 0 Å². The fourth-order valence-corrected chi connectivity index (χ4v) is 14.6. The van der Waals surface area contributed by atoms with Crippen LogP contribution in [-0.4, -0.2) is 9.85 Å². The van der Waals surface area contributed by atoms with E-state index in [1.807, 2.05) is 30.3 Å². The fraction of sp³-hybridized carbons (Fsp3) is 0.273. The Morgan fingerprint density at radius 3 is 1.48 bits per heavy atom. The molecule has 6 nitrogen and oxygen atoms in total. The first kappa shape index (κ1) is 37.8. The molecule has 0 amide bonds. The Labute approximate surface area is 333 Å². The minimum atomic E-state index is -0.924. The Balaban J connectivity index is 2.06.